The average molecular weight is 247 g/mol. The van der Waals surface area contributed by atoms with Gasteiger partial charge in [-0.15, -0.1) is 11.3 Å². The highest BCUT2D eigenvalue weighted by molar-refractivity contribution is 7.15. The molecule has 2 N–H and O–H groups in total. The molecular weight excluding hydrogens is 230 g/mol. The first-order chi connectivity index (χ1) is 8.34. The predicted molar refractivity (Wildman–Crippen MR) is 71.5 cm³/mol. The Kier molecular flexibility index (Phi) is 2.99. The topological polar surface area (TPSA) is 40.7 Å². The molecule has 0 aliphatic carbocycles. The second kappa shape index (κ2) is 4.63. The van der Waals surface area contributed by atoms with Crippen molar-refractivity contribution in [2.24, 2.45) is 0 Å². The second-order valence-electron chi connectivity index (χ2n) is 4.60. The number of aryl methyl sites for hydroxylation is 1. The molecule has 90 valence electrons. The quantitative estimate of drug-likeness (QED) is 0.856. The van der Waals surface area contributed by atoms with Gasteiger partial charge in [-0.3, -0.25) is 0 Å². The van der Waals surface area contributed by atoms with Gasteiger partial charge in [0.2, 0.25) is 0 Å². The molecule has 1 aliphatic rings. The van der Waals surface area contributed by atoms with E-state index in [-0.39, 0.29) is 0 Å². The monoisotopic (exact) mass is 247 g/mol. The highest BCUT2D eigenvalue weighted by atomic mass is 32.1. The lowest BCUT2D eigenvalue weighted by molar-refractivity contribution is 0.464. The molecule has 0 bridgehead atoms. The van der Waals surface area contributed by atoms with E-state index in [1.54, 1.807) is 0 Å². The predicted octanol–water partition coefficient (Wildman–Crippen LogP) is 2.91. The first-order valence-electron chi connectivity index (χ1n) is 6.16. The van der Waals surface area contributed by atoms with Crippen molar-refractivity contribution in [3.63, 3.8) is 0 Å². The standard InChI is InChI=1S/C13H17N3S/c1-9-12(10-4-2-6-14-8-10)17-13(16-9)11-5-3-7-15-11/h3,5,7,10,14-15H,2,4,6,8H2,1H3. The average Bonchev–Trinajstić information content (AvgIpc) is 2.99. The zero-order chi connectivity index (χ0) is 11.7. The van der Waals surface area contributed by atoms with Gasteiger partial charge in [0, 0.05) is 23.5 Å². The number of H-pyrrole nitrogens is 1. The Bertz CT molecular complexity index is 481. The summed E-state index contributed by atoms with van der Waals surface area (Å²) in [4.78, 5) is 9.38. The molecule has 1 aliphatic heterocycles. The summed E-state index contributed by atoms with van der Waals surface area (Å²) in [6.07, 6.45) is 4.52. The Labute approximate surface area is 105 Å². The number of hydrogen-bond donors (Lipinski definition) is 2. The lowest BCUT2D eigenvalue weighted by Gasteiger charge is -2.21. The van der Waals surface area contributed by atoms with E-state index in [1.165, 1.54) is 23.4 Å². The molecule has 0 amide bonds. The lowest BCUT2D eigenvalue weighted by Crippen LogP contribution is -2.28. The number of hydrogen-bond acceptors (Lipinski definition) is 3. The van der Waals surface area contributed by atoms with Crippen LogP contribution in [0, 0.1) is 6.92 Å². The van der Waals surface area contributed by atoms with Crippen LogP contribution in [0.1, 0.15) is 29.3 Å². The van der Waals surface area contributed by atoms with Crippen molar-refractivity contribution < 1.29 is 0 Å². The fourth-order valence-electron chi connectivity index (χ4n) is 2.44. The van der Waals surface area contributed by atoms with Gasteiger partial charge in [-0.2, -0.15) is 0 Å². The Hall–Kier alpha value is -1.13. The van der Waals surface area contributed by atoms with Gasteiger partial charge in [0.25, 0.3) is 0 Å². The van der Waals surface area contributed by atoms with E-state index < -0.39 is 0 Å². The zero-order valence-corrected chi connectivity index (χ0v) is 10.8. The van der Waals surface area contributed by atoms with Crippen LogP contribution in [0.4, 0.5) is 0 Å². The lowest BCUT2D eigenvalue weighted by atomic mass is 9.97. The molecule has 3 rings (SSSR count). The zero-order valence-electron chi connectivity index (χ0n) is 9.99. The van der Waals surface area contributed by atoms with Crippen LogP contribution < -0.4 is 5.32 Å². The van der Waals surface area contributed by atoms with Crippen molar-refractivity contribution in [3.05, 3.63) is 28.9 Å². The molecule has 0 radical (unpaired) electrons. The van der Waals surface area contributed by atoms with E-state index in [4.69, 9.17) is 0 Å². The summed E-state index contributed by atoms with van der Waals surface area (Å²) >= 11 is 1.84. The molecule has 2 aromatic rings. The summed E-state index contributed by atoms with van der Waals surface area (Å²) in [6, 6.07) is 4.11. The van der Waals surface area contributed by atoms with Crippen molar-refractivity contribution in [1.29, 1.82) is 0 Å². The summed E-state index contributed by atoms with van der Waals surface area (Å²) in [5.74, 6) is 0.657. The Morgan fingerprint density at radius 1 is 1.47 bits per heavy atom. The summed E-state index contributed by atoms with van der Waals surface area (Å²) in [5.41, 5.74) is 2.33. The molecule has 4 heteroatoms. The van der Waals surface area contributed by atoms with Gasteiger partial charge in [0.05, 0.1) is 11.4 Å². The smallest absolute Gasteiger partial charge is 0.140 e. The minimum Gasteiger partial charge on any atom is -0.359 e. The van der Waals surface area contributed by atoms with Crippen molar-refractivity contribution >= 4 is 11.3 Å². The minimum absolute atomic E-state index is 0.657. The Morgan fingerprint density at radius 3 is 3.12 bits per heavy atom. The van der Waals surface area contributed by atoms with Crippen molar-refractivity contribution in [1.82, 2.24) is 15.3 Å². The highest BCUT2D eigenvalue weighted by Gasteiger charge is 2.21. The first-order valence-corrected chi connectivity index (χ1v) is 6.98. The summed E-state index contributed by atoms with van der Waals surface area (Å²) < 4.78 is 0. The van der Waals surface area contributed by atoms with E-state index >= 15 is 0 Å². The van der Waals surface area contributed by atoms with Gasteiger partial charge in [0.1, 0.15) is 5.01 Å². The molecule has 0 spiro atoms. The van der Waals surface area contributed by atoms with Crippen LogP contribution in [0.2, 0.25) is 0 Å². The van der Waals surface area contributed by atoms with Crippen LogP contribution in [0.25, 0.3) is 10.7 Å². The van der Waals surface area contributed by atoms with Crippen molar-refractivity contribution in [2.75, 3.05) is 13.1 Å². The normalized spacial score (nSPS) is 20.6. The molecular formula is C13H17N3S. The molecule has 1 atom stereocenters. The maximum Gasteiger partial charge on any atom is 0.140 e. The van der Waals surface area contributed by atoms with Crippen LogP contribution in [0.15, 0.2) is 18.3 Å². The van der Waals surface area contributed by atoms with Crippen molar-refractivity contribution in [3.8, 4) is 10.7 Å². The van der Waals surface area contributed by atoms with Crippen LogP contribution in [-0.4, -0.2) is 23.1 Å². The second-order valence-corrected chi connectivity index (χ2v) is 5.63. The summed E-state index contributed by atoms with van der Waals surface area (Å²) in [6.45, 7) is 4.40. The number of nitrogens with one attached hydrogen (secondary N) is 2. The molecule has 3 nitrogen and oxygen atoms in total. The van der Waals surface area contributed by atoms with E-state index in [1.807, 2.05) is 23.6 Å². The van der Waals surface area contributed by atoms with E-state index in [0.29, 0.717) is 5.92 Å². The molecule has 0 aromatic carbocycles. The number of aromatic amines is 1. The number of piperidine rings is 1. The third-order valence-corrected chi connectivity index (χ3v) is 4.68. The highest BCUT2D eigenvalue weighted by Crippen LogP contribution is 2.34. The molecule has 3 heterocycles. The number of rotatable bonds is 2. The Balaban J connectivity index is 1.90. The summed E-state index contributed by atoms with van der Waals surface area (Å²) in [7, 11) is 0. The van der Waals surface area contributed by atoms with Crippen molar-refractivity contribution in [2.45, 2.75) is 25.7 Å². The Morgan fingerprint density at radius 2 is 2.41 bits per heavy atom. The third-order valence-electron chi connectivity index (χ3n) is 3.33. The number of aromatic nitrogens is 2. The molecule has 0 saturated carbocycles. The maximum absolute atomic E-state index is 4.69. The van der Waals surface area contributed by atoms with E-state index in [0.717, 1.165) is 23.8 Å². The van der Waals surface area contributed by atoms with Gasteiger partial charge in [-0.05, 0) is 38.4 Å². The fourth-order valence-corrected chi connectivity index (χ4v) is 3.63. The minimum atomic E-state index is 0.657. The largest absolute Gasteiger partial charge is 0.359 e. The number of nitrogens with zero attached hydrogens (tertiary/aromatic N) is 1. The molecule has 1 fully saturated rings. The summed E-state index contributed by atoms with van der Waals surface area (Å²) in [5, 5.41) is 4.59. The fraction of sp³-hybridized carbons (Fsp3) is 0.462. The van der Waals surface area contributed by atoms with Gasteiger partial charge in [-0.1, -0.05) is 0 Å². The van der Waals surface area contributed by atoms with Gasteiger partial charge in [-0.25, -0.2) is 4.98 Å². The van der Waals surface area contributed by atoms with E-state index in [2.05, 4.69) is 28.3 Å². The first kappa shape index (κ1) is 11.0. The van der Waals surface area contributed by atoms with Gasteiger partial charge >= 0.3 is 0 Å². The van der Waals surface area contributed by atoms with E-state index in [9.17, 15) is 0 Å². The molecule has 1 saturated heterocycles. The van der Waals surface area contributed by atoms with Gasteiger partial charge < -0.3 is 10.3 Å². The molecule has 17 heavy (non-hydrogen) atoms. The van der Waals surface area contributed by atoms with Crippen LogP contribution in [0.3, 0.4) is 0 Å². The van der Waals surface area contributed by atoms with Crippen LogP contribution in [0.5, 0.6) is 0 Å². The maximum atomic E-state index is 4.69. The van der Waals surface area contributed by atoms with Gasteiger partial charge in [0.15, 0.2) is 0 Å². The third kappa shape index (κ3) is 2.15. The molecule has 1 unspecified atom stereocenters. The molecule has 2 aromatic heterocycles. The number of thiazole rings is 1. The SMILES string of the molecule is Cc1nc(-c2ccc[nH]2)sc1C1CCCNC1. The van der Waals surface area contributed by atoms with Crippen LogP contribution >= 0.6 is 11.3 Å². The van der Waals surface area contributed by atoms with Crippen LogP contribution in [-0.2, 0) is 0 Å².